The molecule has 0 saturated carbocycles. The minimum atomic E-state index is -4.25. The molecule has 0 N–H and O–H groups in total. The van der Waals surface area contributed by atoms with E-state index in [0.29, 0.717) is 0 Å². The van der Waals surface area contributed by atoms with Crippen molar-refractivity contribution in [3.63, 3.8) is 0 Å². The molecule has 1 heterocycles. The second kappa shape index (κ2) is 2.31. The molecule has 1 rings (SSSR count). The smallest absolute Gasteiger partial charge is 0.260 e. The molecule has 1 nitrogen and oxygen atoms in total. The number of nitrogens with zero attached hydrogens (tertiary/aromatic N) is 1. The zero-order valence-electron chi connectivity index (χ0n) is 4.94. The Morgan fingerprint density at radius 3 is 2.50 bits per heavy atom. The molecule has 0 aliphatic carbocycles. The number of rotatable bonds is 0. The minimum absolute atomic E-state index is 0.167. The van der Waals surface area contributed by atoms with Crippen LogP contribution in [0.4, 0.5) is 13.2 Å². The Labute approximate surface area is 55.6 Å². The van der Waals surface area contributed by atoms with Crippen LogP contribution in [-0.2, 0) is 0 Å². The maximum Gasteiger partial charge on any atom is 0.420 e. The van der Waals surface area contributed by atoms with Crippen LogP contribution in [0.3, 0.4) is 0 Å². The molecule has 0 spiro atoms. The van der Waals surface area contributed by atoms with Gasteiger partial charge in [0.1, 0.15) is 0 Å². The fourth-order valence-corrected chi connectivity index (χ4v) is 0.568. The first-order valence-electron chi connectivity index (χ1n) is 2.63. The van der Waals surface area contributed by atoms with Crippen molar-refractivity contribution in [2.75, 3.05) is 0 Å². The molecular formula is C6H4F3N. The van der Waals surface area contributed by atoms with Crippen LogP contribution in [0.25, 0.3) is 0 Å². The highest BCUT2D eigenvalue weighted by Crippen LogP contribution is 2.27. The third kappa shape index (κ3) is 1.48. The third-order valence-corrected chi connectivity index (χ3v) is 1.06. The van der Waals surface area contributed by atoms with Crippen molar-refractivity contribution < 1.29 is 13.2 Å². The van der Waals surface area contributed by atoms with Gasteiger partial charge >= 0.3 is 6.18 Å². The topological polar surface area (TPSA) is 12.4 Å². The summed E-state index contributed by atoms with van der Waals surface area (Å²) < 4.78 is 35.3. The van der Waals surface area contributed by atoms with Crippen LogP contribution in [0.1, 0.15) is 6.42 Å². The van der Waals surface area contributed by atoms with Gasteiger partial charge in [0.05, 0.1) is 11.8 Å². The lowest BCUT2D eigenvalue weighted by molar-refractivity contribution is -0.0922. The van der Waals surface area contributed by atoms with Crippen LogP contribution in [0, 0.1) is 0 Å². The summed E-state index contributed by atoms with van der Waals surface area (Å²) in [5.74, 6) is 0. The number of halogens is 3. The second-order valence-corrected chi connectivity index (χ2v) is 1.79. The van der Waals surface area contributed by atoms with E-state index in [9.17, 15) is 13.2 Å². The van der Waals surface area contributed by atoms with Crippen molar-refractivity contribution in [1.82, 2.24) is 0 Å². The largest absolute Gasteiger partial charge is 0.420 e. The van der Waals surface area contributed by atoms with E-state index < -0.39 is 11.7 Å². The average molecular weight is 147 g/mol. The van der Waals surface area contributed by atoms with Crippen molar-refractivity contribution in [3.8, 4) is 0 Å². The van der Waals surface area contributed by atoms with E-state index >= 15 is 0 Å². The van der Waals surface area contributed by atoms with Gasteiger partial charge < -0.3 is 0 Å². The first-order chi connectivity index (χ1) is 4.61. The van der Waals surface area contributed by atoms with Gasteiger partial charge in [-0.25, -0.2) is 0 Å². The first-order valence-corrected chi connectivity index (χ1v) is 2.63. The highest BCUT2D eigenvalue weighted by atomic mass is 19.4. The Kier molecular flexibility index (Phi) is 1.64. The number of hydrogen-bond donors (Lipinski definition) is 0. The Morgan fingerprint density at radius 2 is 2.20 bits per heavy atom. The molecule has 1 aliphatic rings. The molecule has 0 atom stereocenters. The predicted octanol–water partition coefficient (Wildman–Crippen LogP) is 2.06. The molecule has 0 unspecified atom stereocenters. The predicted molar refractivity (Wildman–Crippen MR) is 30.8 cm³/mol. The maximum atomic E-state index is 11.8. The second-order valence-electron chi connectivity index (χ2n) is 1.79. The standard InChI is InChI=1S/C6H4F3N/c7-6(8,9)5-1-3-10-4-2-5/h3-4H,1H2. The molecule has 0 radical (unpaired) electrons. The van der Waals surface area contributed by atoms with Gasteiger partial charge in [-0.05, 0) is 0 Å². The van der Waals surface area contributed by atoms with E-state index in [1.54, 1.807) is 0 Å². The summed E-state index contributed by atoms with van der Waals surface area (Å²) in [6.07, 6.45) is -2.19. The summed E-state index contributed by atoms with van der Waals surface area (Å²) >= 11 is 0. The first kappa shape index (κ1) is 7.09. The van der Waals surface area contributed by atoms with Crippen LogP contribution in [0.15, 0.2) is 22.5 Å². The van der Waals surface area contributed by atoms with Gasteiger partial charge in [0.25, 0.3) is 0 Å². The van der Waals surface area contributed by atoms with Crippen LogP contribution in [0.5, 0.6) is 0 Å². The lowest BCUT2D eigenvalue weighted by Gasteiger charge is -2.06. The van der Waals surface area contributed by atoms with Gasteiger partial charge in [-0.2, -0.15) is 13.2 Å². The monoisotopic (exact) mass is 147 g/mol. The fraction of sp³-hybridized carbons (Fsp3) is 0.333. The molecule has 4 heteroatoms. The van der Waals surface area contributed by atoms with Crippen LogP contribution >= 0.6 is 0 Å². The molecule has 0 aromatic carbocycles. The zero-order chi connectivity index (χ0) is 7.61. The molecule has 0 aromatic rings. The summed E-state index contributed by atoms with van der Waals surface area (Å²) in [5, 5.41) is 0. The lowest BCUT2D eigenvalue weighted by atomic mass is 10.2. The van der Waals surface area contributed by atoms with Gasteiger partial charge in [0.15, 0.2) is 0 Å². The van der Waals surface area contributed by atoms with E-state index in [1.165, 1.54) is 6.21 Å². The Bertz CT molecular complexity index is 218. The van der Waals surface area contributed by atoms with Gasteiger partial charge in [0.2, 0.25) is 0 Å². The lowest BCUT2D eigenvalue weighted by Crippen LogP contribution is -2.12. The van der Waals surface area contributed by atoms with E-state index in [-0.39, 0.29) is 6.42 Å². The van der Waals surface area contributed by atoms with E-state index in [2.05, 4.69) is 4.99 Å². The summed E-state index contributed by atoms with van der Waals surface area (Å²) in [5.41, 5.74) is 1.36. The molecule has 0 saturated heterocycles. The van der Waals surface area contributed by atoms with Gasteiger partial charge in [-0.1, -0.05) is 5.73 Å². The minimum Gasteiger partial charge on any atom is -0.260 e. The van der Waals surface area contributed by atoms with Gasteiger partial charge in [-0.3, -0.25) is 4.99 Å². The highest BCUT2D eigenvalue weighted by Gasteiger charge is 2.33. The van der Waals surface area contributed by atoms with E-state index in [1.807, 2.05) is 5.73 Å². The van der Waals surface area contributed by atoms with Crippen LogP contribution < -0.4 is 0 Å². The van der Waals surface area contributed by atoms with Crippen molar-refractivity contribution in [3.05, 3.63) is 17.5 Å². The van der Waals surface area contributed by atoms with Gasteiger partial charge in [0, 0.05) is 12.6 Å². The molecule has 0 fully saturated rings. The normalized spacial score (nSPS) is 17.3. The summed E-state index contributed by atoms with van der Waals surface area (Å²) in [7, 11) is 0. The van der Waals surface area contributed by atoms with Crippen molar-refractivity contribution in [2.45, 2.75) is 12.6 Å². The summed E-state index contributed by atoms with van der Waals surface area (Å²) in [4.78, 5) is 3.46. The van der Waals surface area contributed by atoms with Crippen molar-refractivity contribution >= 4 is 6.21 Å². The van der Waals surface area contributed by atoms with Gasteiger partial charge in [-0.15, -0.1) is 0 Å². The van der Waals surface area contributed by atoms with E-state index in [0.717, 1.165) is 6.20 Å². The summed E-state index contributed by atoms with van der Waals surface area (Å²) in [6.45, 7) is 0. The summed E-state index contributed by atoms with van der Waals surface area (Å²) in [6, 6.07) is 0. The quantitative estimate of drug-likeness (QED) is 0.465. The number of aliphatic imine (C=N–C) groups is 1. The Hall–Kier alpha value is -1.02. The Morgan fingerprint density at radius 1 is 1.50 bits per heavy atom. The molecule has 1 aliphatic heterocycles. The highest BCUT2D eigenvalue weighted by molar-refractivity contribution is 5.63. The SMILES string of the molecule is FC(F)(F)C1=C=CN=CC1. The van der Waals surface area contributed by atoms with E-state index in [4.69, 9.17) is 0 Å². The fourth-order valence-electron chi connectivity index (χ4n) is 0.568. The van der Waals surface area contributed by atoms with Crippen molar-refractivity contribution in [2.24, 2.45) is 4.99 Å². The molecule has 0 amide bonds. The number of hydrogen-bond acceptors (Lipinski definition) is 1. The number of allylic oxidation sites excluding steroid dienone is 1. The zero-order valence-corrected chi connectivity index (χ0v) is 4.94. The average Bonchev–Trinajstić information content (AvgIpc) is 1.88. The molecule has 54 valence electrons. The van der Waals surface area contributed by atoms with Crippen molar-refractivity contribution in [1.29, 1.82) is 0 Å². The molecule has 10 heavy (non-hydrogen) atoms. The van der Waals surface area contributed by atoms with Crippen LogP contribution in [0.2, 0.25) is 0 Å². The van der Waals surface area contributed by atoms with Crippen LogP contribution in [-0.4, -0.2) is 12.4 Å². The maximum absolute atomic E-state index is 11.8. The molecule has 0 bridgehead atoms. The molecule has 0 aromatic heterocycles. The third-order valence-electron chi connectivity index (χ3n) is 1.06. The Balaban J connectivity index is 2.86. The number of alkyl halides is 3. The molecular weight excluding hydrogens is 143 g/mol.